The number of hydrogen-bond acceptors (Lipinski definition) is 4. The van der Waals surface area contributed by atoms with E-state index < -0.39 is 10.0 Å². The molecule has 0 amide bonds. The first-order valence-electron chi connectivity index (χ1n) is 7.39. The van der Waals surface area contributed by atoms with Gasteiger partial charge in [0.1, 0.15) is 5.75 Å². The highest BCUT2D eigenvalue weighted by Crippen LogP contribution is 2.23. The Kier molecular flexibility index (Phi) is 7.12. The summed E-state index contributed by atoms with van der Waals surface area (Å²) < 4.78 is 33.2. The summed E-state index contributed by atoms with van der Waals surface area (Å²) in [4.78, 5) is 0.293. The van der Waals surface area contributed by atoms with Gasteiger partial charge in [-0.25, -0.2) is 13.1 Å². The Morgan fingerprint density at radius 3 is 2.64 bits per heavy atom. The molecule has 0 aliphatic carbocycles. The van der Waals surface area contributed by atoms with E-state index in [1.807, 2.05) is 20.8 Å². The van der Waals surface area contributed by atoms with E-state index in [4.69, 9.17) is 4.74 Å². The van der Waals surface area contributed by atoms with Gasteiger partial charge >= 0.3 is 0 Å². The smallest absolute Gasteiger partial charge is 0.240 e. The second-order valence-corrected chi connectivity index (χ2v) is 7.47. The van der Waals surface area contributed by atoms with Crippen LogP contribution in [0.1, 0.15) is 32.3 Å². The Hall–Kier alpha value is -0.820. The molecule has 7 heteroatoms. The lowest BCUT2D eigenvalue weighted by Gasteiger charge is -2.23. The lowest BCUT2D eigenvalue weighted by molar-refractivity contribution is 0.240. The van der Waals surface area contributed by atoms with Crippen LogP contribution in [0.2, 0.25) is 0 Å². The molecule has 1 aliphatic rings. The lowest BCUT2D eigenvalue weighted by atomic mass is 10.1. The van der Waals surface area contributed by atoms with Gasteiger partial charge in [0.05, 0.1) is 11.0 Å². The van der Waals surface area contributed by atoms with Crippen molar-refractivity contribution in [3.05, 3.63) is 23.8 Å². The number of benzene rings is 1. The zero-order chi connectivity index (χ0) is 15.5. The molecule has 2 rings (SSSR count). The molecular weight excluding hydrogens is 324 g/mol. The largest absolute Gasteiger partial charge is 0.491 e. The molecular formula is C15H25ClN2O3S. The summed E-state index contributed by atoms with van der Waals surface area (Å²) in [6.07, 6.45) is 1.94. The first-order valence-corrected chi connectivity index (χ1v) is 8.87. The van der Waals surface area contributed by atoms with Crippen LogP contribution in [0.15, 0.2) is 23.1 Å². The van der Waals surface area contributed by atoms with Crippen LogP contribution < -0.4 is 14.8 Å². The van der Waals surface area contributed by atoms with Gasteiger partial charge in [-0.1, -0.05) is 0 Å². The van der Waals surface area contributed by atoms with Gasteiger partial charge in [0, 0.05) is 12.6 Å². The highest BCUT2D eigenvalue weighted by Gasteiger charge is 2.22. The fourth-order valence-corrected chi connectivity index (χ4v) is 3.77. The Morgan fingerprint density at radius 1 is 1.36 bits per heavy atom. The normalized spacial score (nSPS) is 18.8. The van der Waals surface area contributed by atoms with Crippen LogP contribution in [-0.2, 0) is 10.0 Å². The average molecular weight is 349 g/mol. The Balaban J connectivity index is 0.00000242. The summed E-state index contributed by atoms with van der Waals surface area (Å²) in [5.74, 6) is 0.725. The average Bonchev–Trinajstić information content (AvgIpc) is 2.41. The highest BCUT2D eigenvalue weighted by atomic mass is 35.5. The van der Waals surface area contributed by atoms with Gasteiger partial charge in [0.15, 0.2) is 0 Å². The summed E-state index contributed by atoms with van der Waals surface area (Å²) in [5.41, 5.74) is 0.827. The molecule has 0 unspecified atom stereocenters. The highest BCUT2D eigenvalue weighted by molar-refractivity contribution is 7.89. The predicted molar refractivity (Wildman–Crippen MR) is 90.4 cm³/mol. The quantitative estimate of drug-likeness (QED) is 0.856. The summed E-state index contributed by atoms with van der Waals surface area (Å²) >= 11 is 0. The fourth-order valence-electron chi connectivity index (χ4n) is 2.42. The van der Waals surface area contributed by atoms with Crippen molar-refractivity contribution < 1.29 is 13.2 Å². The van der Waals surface area contributed by atoms with Crippen LogP contribution in [0.4, 0.5) is 0 Å². The topological polar surface area (TPSA) is 67.4 Å². The number of halogens is 1. The van der Waals surface area contributed by atoms with Crippen molar-refractivity contribution in [3.63, 3.8) is 0 Å². The molecule has 1 aliphatic heterocycles. The van der Waals surface area contributed by atoms with Crippen molar-refractivity contribution in [1.29, 1.82) is 0 Å². The van der Waals surface area contributed by atoms with Gasteiger partial charge in [-0.05, 0) is 63.9 Å². The molecule has 22 heavy (non-hydrogen) atoms. The van der Waals surface area contributed by atoms with Crippen LogP contribution >= 0.6 is 12.4 Å². The monoisotopic (exact) mass is 348 g/mol. The third-order valence-corrected chi connectivity index (χ3v) is 4.96. The van der Waals surface area contributed by atoms with Gasteiger partial charge in [0.25, 0.3) is 0 Å². The molecule has 0 spiro atoms. The van der Waals surface area contributed by atoms with Crippen LogP contribution in [0, 0.1) is 6.92 Å². The number of hydrogen-bond donors (Lipinski definition) is 2. The van der Waals surface area contributed by atoms with E-state index in [-0.39, 0.29) is 24.6 Å². The lowest BCUT2D eigenvalue weighted by Crippen LogP contribution is -2.45. The number of sulfonamides is 1. The summed E-state index contributed by atoms with van der Waals surface area (Å²) in [6.45, 7) is 7.40. The van der Waals surface area contributed by atoms with E-state index in [1.165, 1.54) is 0 Å². The Morgan fingerprint density at radius 2 is 2.09 bits per heavy atom. The summed E-state index contributed by atoms with van der Waals surface area (Å²) in [6, 6.07) is 4.96. The fraction of sp³-hybridized carbons (Fsp3) is 0.600. The van der Waals surface area contributed by atoms with Crippen molar-refractivity contribution in [2.75, 3.05) is 13.1 Å². The molecule has 0 radical (unpaired) electrons. The summed E-state index contributed by atoms with van der Waals surface area (Å²) in [5, 5.41) is 3.20. The zero-order valence-electron chi connectivity index (χ0n) is 13.3. The van der Waals surface area contributed by atoms with E-state index in [0.717, 1.165) is 30.7 Å². The molecule has 1 heterocycles. The first-order chi connectivity index (χ1) is 9.88. The molecule has 0 aromatic heterocycles. The molecule has 1 saturated heterocycles. The second-order valence-electron chi connectivity index (χ2n) is 5.76. The maximum atomic E-state index is 12.4. The number of aryl methyl sites for hydroxylation is 1. The van der Waals surface area contributed by atoms with Crippen LogP contribution in [0.3, 0.4) is 0 Å². The summed E-state index contributed by atoms with van der Waals surface area (Å²) in [7, 11) is -3.47. The van der Waals surface area contributed by atoms with Gasteiger partial charge < -0.3 is 10.1 Å². The molecule has 5 nitrogen and oxygen atoms in total. The predicted octanol–water partition coefficient (Wildman–Crippen LogP) is 2.23. The van der Waals surface area contributed by atoms with E-state index >= 15 is 0 Å². The molecule has 2 N–H and O–H groups in total. The molecule has 1 fully saturated rings. The molecule has 1 atom stereocenters. The second kappa shape index (κ2) is 8.15. The van der Waals surface area contributed by atoms with Crippen molar-refractivity contribution in [2.24, 2.45) is 0 Å². The van der Waals surface area contributed by atoms with Crippen molar-refractivity contribution in [3.8, 4) is 5.75 Å². The van der Waals surface area contributed by atoms with Gasteiger partial charge in [0.2, 0.25) is 10.0 Å². The Bertz CT molecular complexity index is 584. The van der Waals surface area contributed by atoms with Gasteiger partial charge in [-0.3, -0.25) is 0 Å². The van der Waals surface area contributed by atoms with Gasteiger partial charge in [-0.15, -0.1) is 12.4 Å². The van der Waals surface area contributed by atoms with E-state index in [9.17, 15) is 8.42 Å². The Labute approximate surface area is 139 Å². The molecule has 1 aromatic rings. The van der Waals surface area contributed by atoms with E-state index in [0.29, 0.717) is 11.4 Å². The maximum Gasteiger partial charge on any atom is 0.240 e. The number of piperidine rings is 1. The minimum absolute atomic E-state index is 0. The van der Waals surface area contributed by atoms with E-state index in [2.05, 4.69) is 10.0 Å². The SMILES string of the molecule is Cc1cc(S(=O)(=O)N[C@H]2CCCNC2)ccc1OC(C)C.Cl. The number of rotatable bonds is 5. The minimum atomic E-state index is -3.47. The zero-order valence-corrected chi connectivity index (χ0v) is 14.9. The molecule has 1 aromatic carbocycles. The molecule has 0 bridgehead atoms. The minimum Gasteiger partial charge on any atom is -0.491 e. The van der Waals surface area contributed by atoms with Gasteiger partial charge in [-0.2, -0.15) is 0 Å². The third-order valence-electron chi connectivity index (χ3n) is 3.44. The maximum absolute atomic E-state index is 12.4. The van der Waals surface area contributed by atoms with Crippen LogP contribution in [0.5, 0.6) is 5.75 Å². The molecule has 126 valence electrons. The number of nitrogens with one attached hydrogen (secondary N) is 2. The standard InChI is InChI=1S/C15H24N2O3S.ClH/c1-11(2)20-15-7-6-14(9-12(15)3)21(18,19)17-13-5-4-8-16-10-13;/h6-7,9,11,13,16-17H,4-5,8,10H2,1-3H3;1H/t13-;/m0./s1. The van der Waals surface area contributed by atoms with Crippen LogP contribution in [0.25, 0.3) is 0 Å². The third kappa shape index (κ3) is 5.12. The van der Waals surface area contributed by atoms with Crippen molar-refractivity contribution in [2.45, 2.75) is 50.7 Å². The first kappa shape index (κ1) is 19.2. The van der Waals surface area contributed by atoms with Crippen molar-refractivity contribution >= 4 is 22.4 Å². The molecule has 0 saturated carbocycles. The number of ether oxygens (including phenoxy) is 1. The van der Waals surface area contributed by atoms with Crippen molar-refractivity contribution in [1.82, 2.24) is 10.0 Å². The van der Waals surface area contributed by atoms with Crippen LogP contribution in [-0.4, -0.2) is 33.7 Å². The van der Waals surface area contributed by atoms with E-state index in [1.54, 1.807) is 18.2 Å².